The predicted octanol–water partition coefficient (Wildman–Crippen LogP) is 1.61. The summed E-state index contributed by atoms with van der Waals surface area (Å²) in [5.41, 5.74) is 0.666. The summed E-state index contributed by atoms with van der Waals surface area (Å²) in [6.45, 7) is 6.82. The second-order valence-corrected chi connectivity index (χ2v) is 5.60. The Hall–Kier alpha value is -1.14. The number of nitrogens with zero attached hydrogens (tertiary/aromatic N) is 3. The van der Waals surface area contributed by atoms with Crippen LogP contribution in [0.25, 0.3) is 0 Å². The fourth-order valence-corrected chi connectivity index (χ4v) is 2.75. The van der Waals surface area contributed by atoms with Crippen molar-refractivity contribution in [3.8, 4) is 0 Å². The maximum atomic E-state index is 11.8. The molecule has 1 fully saturated rings. The van der Waals surface area contributed by atoms with Crippen molar-refractivity contribution in [2.45, 2.75) is 18.9 Å². The first-order valence-electron chi connectivity index (χ1n) is 6.43. The lowest BCUT2D eigenvalue weighted by atomic mass is 10.0. The first kappa shape index (κ1) is 14.3. The van der Waals surface area contributed by atoms with Crippen LogP contribution in [0, 0.1) is 0 Å². The average Bonchev–Trinajstić information content (AvgIpc) is 2.42. The lowest BCUT2D eigenvalue weighted by molar-refractivity contribution is 0.240. The molecular formula is C13H19BrN4O. The van der Waals surface area contributed by atoms with E-state index in [2.05, 4.69) is 37.8 Å². The molecule has 0 atom stereocenters. The van der Waals surface area contributed by atoms with E-state index >= 15 is 0 Å². The van der Waals surface area contributed by atoms with Gasteiger partial charge in [-0.1, -0.05) is 6.08 Å². The van der Waals surface area contributed by atoms with Crippen LogP contribution in [0.4, 0.5) is 5.69 Å². The summed E-state index contributed by atoms with van der Waals surface area (Å²) >= 11 is 3.34. The zero-order valence-electron chi connectivity index (χ0n) is 11.1. The topological polar surface area (TPSA) is 50.2 Å². The fourth-order valence-electron chi connectivity index (χ4n) is 2.27. The van der Waals surface area contributed by atoms with Crippen LogP contribution in [0.1, 0.15) is 12.8 Å². The van der Waals surface area contributed by atoms with Gasteiger partial charge in [-0.3, -0.25) is 9.69 Å². The number of halogens is 1. The van der Waals surface area contributed by atoms with Gasteiger partial charge in [-0.15, -0.1) is 6.58 Å². The highest BCUT2D eigenvalue weighted by molar-refractivity contribution is 9.10. The molecule has 6 heteroatoms. The van der Waals surface area contributed by atoms with Crippen molar-refractivity contribution in [3.63, 3.8) is 0 Å². The largest absolute Gasteiger partial charge is 0.380 e. The van der Waals surface area contributed by atoms with Gasteiger partial charge in [-0.05, 0) is 28.8 Å². The number of aryl methyl sites for hydroxylation is 1. The van der Waals surface area contributed by atoms with E-state index in [0.717, 1.165) is 38.2 Å². The van der Waals surface area contributed by atoms with Gasteiger partial charge < -0.3 is 5.32 Å². The van der Waals surface area contributed by atoms with Crippen LogP contribution in [-0.4, -0.2) is 40.4 Å². The van der Waals surface area contributed by atoms with Crippen molar-refractivity contribution in [3.05, 3.63) is 33.7 Å². The highest BCUT2D eigenvalue weighted by Crippen LogP contribution is 2.20. The quantitative estimate of drug-likeness (QED) is 0.854. The minimum Gasteiger partial charge on any atom is -0.380 e. The van der Waals surface area contributed by atoms with Gasteiger partial charge >= 0.3 is 0 Å². The number of anilines is 1. The summed E-state index contributed by atoms with van der Waals surface area (Å²) in [5.74, 6) is 0. The van der Waals surface area contributed by atoms with Gasteiger partial charge in [-0.25, -0.2) is 4.68 Å². The van der Waals surface area contributed by atoms with E-state index in [-0.39, 0.29) is 5.56 Å². The molecule has 5 nitrogen and oxygen atoms in total. The maximum Gasteiger partial charge on any atom is 0.282 e. The van der Waals surface area contributed by atoms with E-state index in [9.17, 15) is 4.79 Å². The Kier molecular flexibility index (Phi) is 4.76. The molecular weight excluding hydrogens is 308 g/mol. The van der Waals surface area contributed by atoms with Crippen molar-refractivity contribution in [2.24, 2.45) is 7.05 Å². The summed E-state index contributed by atoms with van der Waals surface area (Å²) in [6.07, 6.45) is 5.77. The van der Waals surface area contributed by atoms with E-state index in [1.807, 2.05) is 6.08 Å². The summed E-state index contributed by atoms with van der Waals surface area (Å²) in [5, 5.41) is 7.44. The lowest BCUT2D eigenvalue weighted by Crippen LogP contribution is -2.39. The van der Waals surface area contributed by atoms with Crippen LogP contribution < -0.4 is 10.9 Å². The Bertz CT molecular complexity index is 506. The lowest BCUT2D eigenvalue weighted by Gasteiger charge is -2.32. The first-order chi connectivity index (χ1) is 9.11. The molecule has 2 rings (SSSR count). The van der Waals surface area contributed by atoms with Gasteiger partial charge in [0.15, 0.2) is 0 Å². The van der Waals surface area contributed by atoms with Crippen molar-refractivity contribution in [1.82, 2.24) is 14.7 Å². The molecule has 0 amide bonds. The molecule has 1 aromatic rings. The number of rotatable bonds is 4. The molecule has 0 bridgehead atoms. The number of hydrogen-bond acceptors (Lipinski definition) is 4. The molecule has 0 radical (unpaired) electrons. The molecule has 1 aliphatic rings. The standard InChI is InChI=1S/C13H19BrN4O/c1-3-6-18-7-4-10(5-8-18)16-11-9-15-17(2)13(19)12(11)14/h3,9-10,16H,1,4-8H2,2H3. The zero-order valence-corrected chi connectivity index (χ0v) is 12.7. The van der Waals surface area contributed by atoms with Crippen LogP contribution >= 0.6 is 15.9 Å². The summed E-state index contributed by atoms with van der Waals surface area (Å²) in [6, 6.07) is 0.395. The molecule has 1 N–H and O–H groups in total. The summed E-state index contributed by atoms with van der Waals surface area (Å²) < 4.78 is 1.88. The van der Waals surface area contributed by atoms with Crippen LogP contribution in [0.3, 0.4) is 0 Å². The molecule has 1 saturated heterocycles. The molecule has 2 heterocycles. The Morgan fingerprint density at radius 2 is 2.26 bits per heavy atom. The molecule has 0 aliphatic carbocycles. The third kappa shape index (κ3) is 3.45. The Labute approximate surface area is 121 Å². The molecule has 0 spiro atoms. The monoisotopic (exact) mass is 326 g/mol. The average molecular weight is 327 g/mol. The van der Waals surface area contributed by atoms with Crippen molar-refractivity contribution in [1.29, 1.82) is 0 Å². The normalized spacial score (nSPS) is 17.4. The molecule has 0 aromatic carbocycles. The predicted molar refractivity (Wildman–Crippen MR) is 80.5 cm³/mol. The molecule has 1 aromatic heterocycles. The summed E-state index contributed by atoms with van der Waals surface area (Å²) in [7, 11) is 1.64. The van der Waals surface area contributed by atoms with Gasteiger partial charge in [0.25, 0.3) is 5.56 Å². The van der Waals surface area contributed by atoms with Gasteiger partial charge in [0.05, 0.1) is 11.9 Å². The summed E-state index contributed by atoms with van der Waals surface area (Å²) in [4.78, 5) is 14.1. The minimum absolute atomic E-state index is 0.117. The van der Waals surface area contributed by atoms with E-state index in [1.54, 1.807) is 13.2 Å². The van der Waals surface area contributed by atoms with E-state index in [0.29, 0.717) is 10.5 Å². The third-order valence-electron chi connectivity index (χ3n) is 3.41. The van der Waals surface area contributed by atoms with Crippen LogP contribution in [0.15, 0.2) is 28.1 Å². The third-order valence-corrected chi connectivity index (χ3v) is 4.18. The second-order valence-electron chi connectivity index (χ2n) is 4.81. The maximum absolute atomic E-state index is 11.8. The Balaban J connectivity index is 1.98. The molecule has 0 unspecified atom stereocenters. The molecule has 104 valence electrons. The number of piperidine rings is 1. The number of hydrogen-bond donors (Lipinski definition) is 1. The molecule has 1 aliphatic heterocycles. The highest BCUT2D eigenvalue weighted by atomic mass is 79.9. The van der Waals surface area contributed by atoms with Crippen LogP contribution in [-0.2, 0) is 7.05 Å². The van der Waals surface area contributed by atoms with Crippen LogP contribution in [0.5, 0.6) is 0 Å². The van der Waals surface area contributed by atoms with Gasteiger partial charge in [0, 0.05) is 32.7 Å². The van der Waals surface area contributed by atoms with Crippen molar-refractivity contribution < 1.29 is 0 Å². The number of nitrogens with one attached hydrogen (secondary N) is 1. The number of likely N-dealkylation sites (tertiary alicyclic amines) is 1. The smallest absolute Gasteiger partial charge is 0.282 e. The zero-order chi connectivity index (χ0) is 13.8. The highest BCUT2D eigenvalue weighted by Gasteiger charge is 2.19. The van der Waals surface area contributed by atoms with Gasteiger partial charge in [0.1, 0.15) is 4.47 Å². The SMILES string of the molecule is C=CCN1CCC(Nc2cnn(C)c(=O)c2Br)CC1. The van der Waals surface area contributed by atoms with E-state index < -0.39 is 0 Å². The van der Waals surface area contributed by atoms with Crippen LogP contribution in [0.2, 0.25) is 0 Å². The molecule has 19 heavy (non-hydrogen) atoms. The van der Waals surface area contributed by atoms with Gasteiger partial charge in [0.2, 0.25) is 0 Å². The van der Waals surface area contributed by atoms with E-state index in [4.69, 9.17) is 0 Å². The fraction of sp³-hybridized carbons (Fsp3) is 0.538. The minimum atomic E-state index is -0.117. The van der Waals surface area contributed by atoms with Crippen molar-refractivity contribution >= 4 is 21.6 Å². The number of aromatic nitrogens is 2. The Morgan fingerprint density at radius 3 is 2.89 bits per heavy atom. The van der Waals surface area contributed by atoms with E-state index in [1.165, 1.54) is 4.68 Å². The first-order valence-corrected chi connectivity index (χ1v) is 7.22. The Morgan fingerprint density at radius 1 is 1.58 bits per heavy atom. The van der Waals surface area contributed by atoms with Crippen molar-refractivity contribution in [2.75, 3.05) is 25.0 Å². The molecule has 0 saturated carbocycles. The second kappa shape index (κ2) is 6.34. The van der Waals surface area contributed by atoms with Gasteiger partial charge in [-0.2, -0.15) is 5.10 Å².